The van der Waals surface area contributed by atoms with Gasteiger partial charge < -0.3 is 47.0 Å². The molecule has 0 aliphatic heterocycles. The van der Waals surface area contributed by atoms with Crippen molar-refractivity contribution in [3.63, 3.8) is 0 Å². The molecule has 2 aromatic carbocycles. The van der Waals surface area contributed by atoms with Crippen molar-refractivity contribution in [2.24, 2.45) is 5.73 Å². The minimum absolute atomic E-state index is 0.104. The SMILES string of the molecule is NC(CCC(=O)O)C(=O)NC(Cc1c[nH]c2ccccc12)C(=O)NC(CC(=O)O)C(=O)NC(Cc1c[nH]c2ccccc12)C(=O)O. The lowest BCUT2D eigenvalue weighted by atomic mass is 10.0. The van der Waals surface area contributed by atoms with Crippen LogP contribution in [-0.2, 0) is 41.6 Å². The van der Waals surface area contributed by atoms with Gasteiger partial charge >= 0.3 is 17.9 Å². The molecule has 0 aliphatic carbocycles. The monoisotopic (exact) mass is 634 g/mol. The van der Waals surface area contributed by atoms with Gasteiger partial charge in [0.1, 0.15) is 18.1 Å². The number of carbonyl (C=O) groups excluding carboxylic acids is 3. The highest BCUT2D eigenvalue weighted by Crippen LogP contribution is 2.21. The average Bonchev–Trinajstić information content (AvgIpc) is 3.62. The number of carbonyl (C=O) groups is 6. The van der Waals surface area contributed by atoms with E-state index in [1.807, 2.05) is 0 Å². The number of benzene rings is 2. The summed E-state index contributed by atoms with van der Waals surface area (Å²) < 4.78 is 0. The van der Waals surface area contributed by atoms with Gasteiger partial charge in [-0.25, -0.2) is 4.79 Å². The van der Waals surface area contributed by atoms with Crippen molar-refractivity contribution in [3.05, 3.63) is 72.1 Å². The molecule has 0 fully saturated rings. The minimum atomic E-state index is -1.71. The first kappa shape index (κ1) is 33.2. The first-order valence-corrected chi connectivity index (χ1v) is 14.4. The van der Waals surface area contributed by atoms with Gasteiger partial charge in [-0.05, 0) is 29.7 Å². The lowest BCUT2D eigenvalue weighted by Gasteiger charge is -2.24. The molecule has 15 nitrogen and oxygen atoms in total. The van der Waals surface area contributed by atoms with E-state index in [9.17, 15) is 39.0 Å². The number of para-hydroxylation sites is 2. The third-order valence-corrected chi connectivity index (χ3v) is 7.46. The summed E-state index contributed by atoms with van der Waals surface area (Å²) in [5.41, 5.74) is 8.57. The number of H-pyrrole nitrogens is 2. The van der Waals surface area contributed by atoms with Crippen molar-refractivity contribution in [1.82, 2.24) is 25.9 Å². The number of carboxylic acids is 3. The van der Waals surface area contributed by atoms with Gasteiger partial charge in [0.25, 0.3) is 0 Å². The number of aromatic nitrogens is 2. The summed E-state index contributed by atoms with van der Waals surface area (Å²) in [6.45, 7) is 0. The normalized spacial score (nSPS) is 13.8. The van der Waals surface area contributed by atoms with Crippen LogP contribution >= 0.6 is 0 Å². The molecule has 2 aromatic heterocycles. The molecule has 0 radical (unpaired) electrons. The number of aromatic amines is 2. The highest BCUT2D eigenvalue weighted by Gasteiger charge is 2.32. The fourth-order valence-electron chi connectivity index (χ4n) is 5.07. The number of nitrogens with two attached hydrogens (primary N) is 1. The average molecular weight is 635 g/mol. The summed E-state index contributed by atoms with van der Waals surface area (Å²) in [5, 5.41) is 37.0. The Labute approximate surface area is 261 Å². The van der Waals surface area contributed by atoms with Gasteiger partial charge in [-0.3, -0.25) is 24.0 Å². The van der Waals surface area contributed by atoms with Gasteiger partial charge in [0, 0.05) is 53.5 Å². The number of hydrogen-bond acceptors (Lipinski definition) is 7. The Morgan fingerprint density at radius 3 is 1.65 bits per heavy atom. The van der Waals surface area contributed by atoms with Crippen LogP contribution in [0.3, 0.4) is 0 Å². The van der Waals surface area contributed by atoms with Gasteiger partial charge in [0.15, 0.2) is 0 Å². The molecule has 2 heterocycles. The quantitative estimate of drug-likeness (QED) is 0.0831. The minimum Gasteiger partial charge on any atom is -0.481 e. The third kappa shape index (κ3) is 8.47. The van der Waals surface area contributed by atoms with Crippen molar-refractivity contribution in [2.75, 3.05) is 0 Å². The van der Waals surface area contributed by atoms with E-state index in [2.05, 4.69) is 25.9 Å². The smallest absolute Gasteiger partial charge is 0.326 e. The van der Waals surface area contributed by atoms with Crippen LogP contribution in [0.1, 0.15) is 30.4 Å². The van der Waals surface area contributed by atoms with Crippen molar-refractivity contribution in [1.29, 1.82) is 0 Å². The van der Waals surface area contributed by atoms with Gasteiger partial charge in [0.05, 0.1) is 12.5 Å². The number of nitrogens with one attached hydrogen (secondary N) is 5. The molecule has 10 N–H and O–H groups in total. The zero-order chi connectivity index (χ0) is 33.4. The molecular formula is C31H34N6O9. The summed E-state index contributed by atoms with van der Waals surface area (Å²) in [5.74, 6) is -6.81. The van der Waals surface area contributed by atoms with Crippen LogP contribution in [0, 0.1) is 0 Å². The molecular weight excluding hydrogens is 600 g/mol. The Morgan fingerprint density at radius 2 is 1.13 bits per heavy atom. The van der Waals surface area contributed by atoms with Gasteiger partial charge in [-0.15, -0.1) is 0 Å². The lowest BCUT2D eigenvalue weighted by Crippen LogP contribution is -2.58. The van der Waals surface area contributed by atoms with Crippen LogP contribution in [0.5, 0.6) is 0 Å². The molecule has 0 spiro atoms. The first-order valence-electron chi connectivity index (χ1n) is 14.4. The Bertz CT molecular complexity index is 1760. The zero-order valence-electron chi connectivity index (χ0n) is 24.5. The Kier molecular flexibility index (Phi) is 10.7. The second-order valence-electron chi connectivity index (χ2n) is 10.8. The molecule has 0 bridgehead atoms. The summed E-state index contributed by atoms with van der Waals surface area (Å²) in [6.07, 6.45) is 1.52. The van der Waals surface area contributed by atoms with Crippen molar-refractivity contribution >= 4 is 57.4 Å². The van der Waals surface area contributed by atoms with Gasteiger partial charge in [-0.1, -0.05) is 36.4 Å². The summed E-state index contributed by atoms with van der Waals surface area (Å²) in [4.78, 5) is 80.6. The summed E-state index contributed by atoms with van der Waals surface area (Å²) >= 11 is 0. The Morgan fingerprint density at radius 1 is 0.652 bits per heavy atom. The second kappa shape index (κ2) is 14.9. The Hall–Kier alpha value is -5.70. The number of fused-ring (bicyclic) bond motifs is 2. The molecule has 4 atom stereocenters. The van der Waals surface area contributed by atoms with Crippen LogP contribution in [-0.4, -0.2) is 85.1 Å². The van der Waals surface area contributed by atoms with Crippen LogP contribution < -0.4 is 21.7 Å². The van der Waals surface area contributed by atoms with E-state index in [0.717, 1.165) is 21.8 Å². The molecule has 46 heavy (non-hydrogen) atoms. The fraction of sp³-hybridized carbons (Fsp3) is 0.290. The largest absolute Gasteiger partial charge is 0.481 e. The maximum absolute atomic E-state index is 13.6. The molecule has 4 aromatic rings. The predicted octanol–water partition coefficient (Wildman–Crippen LogP) is 0.640. The molecule has 3 amide bonds. The summed E-state index contributed by atoms with van der Waals surface area (Å²) in [7, 11) is 0. The van der Waals surface area contributed by atoms with E-state index in [4.69, 9.17) is 10.8 Å². The molecule has 4 unspecified atom stereocenters. The molecule has 242 valence electrons. The number of hydrogen-bond donors (Lipinski definition) is 9. The topological polar surface area (TPSA) is 257 Å². The van der Waals surface area contributed by atoms with E-state index in [-0.39, 0.29) is 19.3 Å². The van der Waals surface area contributed by atoms with E-state index in [0.29, 0.717) is 11.1 Å². The van der Waals surface area contributed by atoms with E-state index in [1.165, 1.54) is 0 Å². The number of carboxylic acid groups (broad SMARTS) is 3. The lowest BCUT2D eigenvalue weighted by molar-refractivity contribution is -0.143. The van der Waals surface area contributed by atoms with Crippen LogP contribution in [0.2, 0.25) is 0 Å². The van der Waals surface area contributed by atoms with Crippen LogP contribution in [0.4, 0.5) is 0 Å². The molecule has 15 heteroatoms. The first-order chi connectivity index (χ1) is 21.9. The molecule has 4 rings (SSSR count). The van der Waals surface area contributed by atoms with E-state index < -0.39 is 72.6 Å². The maximum atomic E-state index is 13.6. The van der Waals surface area contributed by atoms with Gasteiger partial charge in [-0.2, -0.15) is 0 Å². The van der Waals surface area contributed by atoms with E-state index in [1.54, 1.807) is 60.9 Å². The Balaban J connectivity index is 1.54. The third-order valence-electron chi connectivity index (χ3n) is 7.46. The van der Waals surface area contributed by atoms with Gasteiger partial charge in [0.2, 0.25) is 17.7 Å². The predicted molar refractivity (Wildman–Crippen MR) is 165 cm³/mol. The van der Waals surface area contributed by atoms with E-state index >= 15 is 0 Å². The van der Waals surface area contributed by atoms with Crippen molar-refractivity contribution < 1.29 is 44.1 Å². The van der Waals surface area contributed by atoms with Crippen molar-refractivity contribution in [2.45, 2.75) is 56.3 Å². The zero-order valence-corrected chi connectivity index (χ0v) is 24.5. The molecule has 0 aliphatic rings. The van der Waals surface area contributed by atoms with Crippen LogP contribution in [0.25, 0.3) is 21.8 Å². The molecule has 0 saturated heterocycles. The number of rotatable bonds is 16. The maximum Gasteiger partial charge on any atom is 0.326 e. The summed E-state index contributed by atoms with van der Waals surface area (Å²) in [6, 6.07) is 8.52. The number of amides is 3. The fourth-order valence-corrected chi connectivity index (χ4v) is 5.07. The standard InChI is InChI=1S/C31H34N6O9/c32-20(9-10-26(38)39)28(42)35-23(11-16-14-33-21-7-3-1-5-18(16)21)29(43)36-24(13-27(40)41)30(44)37-25(31(45)46)12-17-15-34-22-8-4-2-6-19(17)22/h1-8,14-15,20,23-25,33-34H,9-13,32H2,(H,35,42)(H,36,43)(H,37,44)(H,38,39)(H,40,41)(H,45,46). The number of aliphatic carboxylic acids is 3. The van der Waals surface area contributed by atoms with Crippen LogP contribution in [0.15, 0.2) is 60.9 Å². The molecule has 0 saturated carbocycles. The highest BCUT2D eigenvalue weighted by atomic mass is 16.4. The van der Waals surface area contributed by atoms with Crippen molar-refractivity contribution in [3.8, 4) is 0 Å². The second-order valence-corrected chi connectivity index (χ2v) is 10.8. The highest BCUT2D eigenvalue weighted by molar-refractivity contribution is 5.96.